The molecule has 7 nitrogen and oxygen atoms in total. The Morgan fingerprint density at radius 1 is 1.19 bits per heavy atom. The molecule has 0 saturated carbocycles. The quantitative estimate of drug-likeness (QED) is 0.752. The van der Waals surface area contributed by atoms with E-state index in [1.165, 1.54) is 0 Å². The zero-order valence-corrected chi connectivity index (χ0v) is 15.4. The smallest absolute Gasteiger partial charge is 0.333 e. The fourth-order valence-electron chi connectivity index (χ4n) is 3.89. The molecule has 2 aromatic heterocycles. The standard InChI is InChI=1S/C20H22N4O3/c1-13-7-6-10-23(11-13)18(25)15-12-22(2)17-16(15)21-20(27)24(19(17)26)14-8-4-3-5-9-14/h3-5,8-9,12-13H,6-7,10-11H2,1-2H3,(H,21,27). The topological polar surface area (TPSA) is 80.1 Å². The van der Waals surface area contributed by atoms with Crippen molar-refractivity contribution in [1.29, 1.82) is 0 Å². The molecule has 1 fully saturated rings. The van der Waals surface area contributed by atoms with Gasteiger partial charge in [-0.3, -0.25) is 9.59 Å². The Morgan fingerprint density at radius 3 is 2.63 bits per heavy atom. The van der Waals surface area contributed by atoms with Crippen molar-refractivity contribution in [2.75, 3.05) is 13.1 Å². The molecular weight excluding hydrogens is 344 g/mol. The van der Waals surface area contributed by atoms with Crippen LogP contribution in [0.3, 0.4) is 0 Å². The van der Waals surface area contributed by atoms with Crippen molar-refractivity contribution in [1.82, 2.24) is 19.0 Å². The van der Waals surface area contributed by atoms with E-state index in [9.17, 15) is 14.4 Å². The van der Waals surface area contributed by atoms with E-state index in [-0.39, 0.29) is 5.91 Å². The number of benzene rings is 1. The summed E-state index contributed by atoms with van der Waals surface area (Å²) in [6, 6.07) is 8.76. The number of aromatic nitrogens is 3. The van der Waals surface area contributed by atoms with E-state index in [4.69, 9.17) is 0 Å². The largest absolute Gasteiger partial charge is 0.344 e. The summed E-state index contributed by atoms with van der Waals surface area (Å²) < 4.78 is 2.72. The molecular formula is C20H22N4O3. The third-order valence-corrected chi connectivity index (χ3v) is 5.21. The van der Waals surface area contributed by atoms with E-state index < -0.39 is 11.2 Å². The van der Waals surface area contributed by atoms with Gasteiger partial charge in [0, 0.05) is 26.3 Å². The molecule has 0 bridgehead atoms. The van der Waals surface area contributed by atoms with Crippen LogP contribution in [0.25, 0.3) is 16.7 Å². The van der Waals surface area contributed by atoms with Gasteiger partial charge in [-0.1, -0.05) is 25.1 Å². The lowest BCUT2D eigenvalue weighted by molar-refractivity contribution is 0.0684. The number of rotatable bonds is 2. The fraction of sp³-hybridized carbons (Fsp3) is 0.350. The van der Waals surface area contributed by atoms with Gasteiger partial charge in [-0.25, -0.2) is 9.36 Å². The maximum atomic E-state index is 13.0. The minimum Gasteiger partial charge on any atom is -0.344 e. The average molecular weight is 366 g/mol. The molecule has 1 aliphatic rings. The van der Waals surface area contributed by atoms with Gasteiger partial charge >= 0.3 is 5.69 Å². The number of aromatic amines is 1. The summed E-state index contributed by atoms with van der Waals surface area (Å²) in [5, 5.41) is 0. The molecule has 1 N–H and O–H groups in total. The predicted molar refractivity (Wildman–Crippen MR) is 103 cm³/mol. The number of para-hydroxylation sites is 1. The number of H-pyrrole nitrogens is 1. The van der Waals surface area contributed by atoms with Crippen molar-refractivity contribution < 1.29 is 4.79 Å². The lowest BCUT2D eigenvalue weighted by atomic mass is 10.00. The van der Waals surface area contributed by atoms with E-state index in [0.29, 0.717) is 41.3 Å². The Labute approximate surface area is 155 Å². The van der Waals surface area contributed by atoms with E-state index in [0.717, 1.165) is 17.4 Å². The first-order chi connectivity index (χ1) is 13.0. The Bertz CT molecular complexity index is 1120. The molecule has 4 rings (SSSR count). The predicted octanol–water partition coefficient (Wildman–Crippen LogP) is 1.89. The number of likely N-dealkylation sites (tertiary alicyclic amines) is 1. The van der Waals surface area contributed by atoms with Crippen molar-refractivity contribution in [3.8, 4) is 5.69 Å². The Hall–Kier alpha value is -3.09. The third-order valence-electron chi connectivity index (χ3n) is 5.21. The highest BCUT2D eigenvalue weighted by molar-refractivity contribution is 6.05. The van der Waals surface area contributed by atoms with Crippen LogP contribution in [0.1, 0.15) is 30.1 Å². The molecule has 0 aliphatic carbocycles. The van der Waals surface area contributed by atoms with Gasteiger partial charge in [0.2, 0.25) is 0 Å². The van der Waals surface area contributed by atoms with Gasteiger partial charge in [0.1, 0.15) is 5.52 Å². The molecule has 1 aliphatic heterocycles. The number of nitrogens with one attached hydrogen (secondary N) is 1. The number of nitrogens with zero attached hydrogens (tertiary/aromatic N) is 3. The molecule has 0 spiro atoms. The molecule has 140 valence electrons. The zero-order chi connectivity index (χ0) is 19.1. The maximum absolute atomic E-state index is 13.0. The summed E-state index contributed by atoms with van der Waals surface area (Å²) in [6.45, 7) is 3.52. The molecule has 3 aromatic rings. The minimum atomic E-state index is -0.550. The summed E-state index contributed by atoms with van der Waals surface area (Å²) in [7, 11) is 1.72. The summed E-state index contributed by atoms with van der Waals surface area (Å²) in [5.74, 6) is 0.312. The highest BCUT2D eigenvalue weighted by Crippen LogP contribution is 2.21. The van der Waals surface area contributed by atoms with Crippen molar-refractivity contribution in [2.24, 2.45) is 13.0 Å². The molecule has 1 unspecified atom stereocenters. The van der Waals surface area contributed by atoms with Gasteiger partial charge in [0.25, 0.3) is 11.5 Å². The second-order valence-corrected chi connectivity index (χ2v) is 7.28. The number of hydrogen-bond acceptors (Lipinski definition) is 3. The van der Waals surface area contributed by atoms with Crippen LogP contribution in [0.2, 0.25) is 0 Å². The Morgan fingerprint density at radius 2 is 1.93 bits per heavy atom. The number of carbonyl (C=O) groups is 1. The summed E-state index contributed by atoms with van der Waals surface area (Å²) >= 11 is 0. The van der Waals surface area contributed by atoms with E-state index in [2.05, 4.69) is 11.9 Å². The van der Waals surface area contributed by atoms with Crippen molar-refractivity contribution in [2.45, 2.75) is 19.8 Å². The molecule has 7 heteroatoms. The lowest BCUT2D eigenvalue weighted by Crippen LogP contribution is -2.39. The van der Waals surface area contributed by atoms with Crippen molar-refractivity contribution in [3.63, 3.8) is 0 Å². The molecule has 1 aromatic carbocycles. The number of fused-ring (bicyclic) bond motifs is 1. The number of aryl methyl sites for hydroxylation is 1. The molecule has 27 heavy (non-hydrogen) atoms. The van der Waals surface area contributed by atoms with Gasteiger partial charge in [-0.05, 0) is 30.9 Å². The zero-order valence-electron chi connectivity index (χ0n) is 15.4. The SMILES string of the molecule is CC1CCCN(C(=O)c2cn(C)c3c(=O)n(-c4ccccc4)c(=O)[nH]c23)C1. The summed E-state index contributed by atoms with van der Waals surface area (Å²) in [5.41, 5.74) is 0.495. The fourth-order valence-corrected chi connectivity index (χ4v) is 3.89. The first kappa shape index (κ1) is 17.3. The van der Waals surface area contributed by atoms with Crippen molar-refractivity contribution >= 4 is 16.9 Å². The van der Waals surface area contributed by atoms with Crippen LogP contribution in [0.5, 0.6) is 0 Å². The van der Waals surface area contributed by atoms with Crippen LogP contribution in [-0.2, 0) is 7.05 Å². The first-order valence-electron chi connectivity index (χ1n) is 9.16. The molecule has 3 heterocycles. The third kappa shape index (κ3) is 2.89. The lowest BCUT2D eigenvalue weighted by Gasteiger charge is -2.30. The second kappa shape index (κ2) is 6.57. The van der Waals surface area contributed by atoms with Crippen LogP contribution >= 0.6 is 0 Å². The van der Waals surface area contributed by atoms with Crippen LogP contribution < -0.4 is 11.2 Å². The van der Waals surface area contributed by atoms with E-state index >= 15 is 0 Å². The van der Waals surface area contributed by atoms with Gasteiger partial charge in [0.15, 0.2) is 0 Å². The van der Waals surface area contributed by atoms with Crippen LogP contribution in [0.15, 0.2) is 46.1 Å². The maximum Gasteiger partial charge on any atom is 0.333 e. The number of hydrogen-bond donors (Lipinski definition) is 1. The second-order valence-electron chi connectivity index (χ2n) is 7.28. The van der Waals surface area contributed by atoms with Crippen LogP contribution in [-0.4, -0.2) is 38.0 Å². The number of piperidine rings is 1. The highest BCUT2D eigenvalue weighted by atomic mass is 16.2. The molecule has 1 amide bonds. The summed E-state index contributed by atoms with van der Waals surface area (Å²) in [6.07, 6.45) is 3.71. The molecule has 1 atom stereocenters. The minimum absolute atomic E-state index is 0.139. The first-order valence-corrected chi connectivity index (χ1v) is 9.16. The van der Waals surface area contributed by atoms with Crippen molar-refractivity contribution in [3.05, 3.63) is 62.9 Å². The molecule has 0 radical (unpaired) electrons. The van der Waals surface area contributed by atoms with Gasteiger partial charge in [0.05, 0.1) is 16.8 Å². The van der Waals surface area contributed by atoms with Gasteiger partial charge in [-0.15, -0.1) is 0 Å². The normalized spacial score (nSPS) is 17.4. The average Bonchev–Trinajstić information content (AvgIpc) is 2.98. The summed E-state index contributed by atoms with van der Waals surface area (Å²) in [4.78, 5) is 43.3. The van der Waals surface area contributed by atoms with Crippen LogP contribution in [0.4, 0.5) is 0 Å². The molecule has 1 saturated heterocycles. The number of carbonyl (C=O) groups excluding carboxylic acids is 1. The monoisotopic (exact) mass is 366 g/mol. The highest BCUT2D eigenvalue weighted by Gasteiger charge is 2.26. The van der Waals surface area contributed by atoms with Gasteiger partial charge in [-0.2, -0.15) is 0 Å². The Balaban J connectivity index is 1.87. The Kier molecular flexibility index (Phi) is 4.22. The van der Waals surface area contributed by atoms with Gasteiger partial charge < -0.3 is 14.5 Å². The van der Waals surface area contributed by atoms with E-state index in [1.807, 2.05) is 11.0 Å². The van der Waals surface area contributed by atoms with Crippen LogP contribution in [0, 0.1) is 5.92 Å². The van der Waals surface area contributed by atoms with E-state index in [1.54, 1.807) is 42.1 Å². The number of amides is 1.